The Bertz CT molecular complexity index is 528. The van der Waals surface area contributed by atoms with Gasteiger partial charge in [-0.2, -0.15) is 0 Å². The SMILES string of the molecule is C=C1C[C@]23CC[C@H]4C(C)(C)CCC[C@]4(C)C2=C[C@@H](O)[C@H]1C3. The van der Waals surface area contributed by atoms with Crippen molar-refractivity contribution in [3.63, 3.8) is 0 Å². The molecule has 0 aliphatic heterocycles. The average molecular weight is 286 g/mol. The molecule has 0 aromatic rings. The van der Waals surface area contributed by atoms with E-state index in [1.54, 1.807) is 5.57 Å². The highest BCUT2D eigenvalue weighted by molar-refractivity contribution is 5.39. The number of fused-ring (bicyclic) bond motifs is 3. The quantitative estimate of drug-likeness (QED) is 0.630. The molecule has 1 N–H and O–H groups in total. The monoisotopic (exact) mass is 286 g/mol. The van der Waals surface area contributed by atoms with Gasteiger partial charge in [-0.25, -0.2) is 0 Å². The maximum absolute atomic E-state index is 10.6. The fourth-order valence-corrected chi connectivity index (χ4v) is 6.93. The number of rotatable bonds is 0. The van der Waals surface area contributed by atoms with E-state index in [-0.39, 0.29) is 6.10 Å². The molecule has 0 saturated heterocycles. The van der Waals surface area contributed by atoms with E-state index in [1.165, 1.54) is 44.1 Å². The van der Waals surface area contributed by atoms with Crippen LogP contribution in [-0.2, 0) is 0 Å². The minimum Gasteiger partial charge on any atom is -0.388 e. The average Bonchev–Trinajstić information content (AvgIpc) is 2.66. The van der Waals surface area contributed by atoms with Gasteiger partial charge in [-0.05, 0) is 60.7 Å². The van der Waals surface area contributed by atoms with Crippen LogP contribution in [0.25, 0.3) is 0 Å². The van der Waals surface area contributed by atoms with Crippen LogP contribution in [0.5, 0.6) is 0 Å². The summed E-state index contributed by atoms with van der Waals surface area (Å²) in [5, 5.41) is 10.6. The lowest BCUT2D eigenvalue weighted by Gasteiger charge is -2.60. The van der Waals surface area contributed by atoms with Gasteiger partial charge in [-0.15, -0.1) is 0 Å². The number of hydrogen-bond donors (Lipinski definition) is 1. The molecule has 0 radical (unpaired) electrons. The highest BCUT2D eigenvalue weighted by atomic mass is 16.3. The highest BCUT2D eigenvalue weighted by Crippen LogP contribution is 2.70. The van der Waals surface area contributed by atoms with Crippen LogP contribution in [0.3, 0.4) is 0 Å². The summed E-state index contributed by atoms with van der Waals surface area (Å²) in [7, 11) is 0. The fourth-order valence-electron chi connectivity index (χ4n) is 6.93. The summed E-state index contributed by atoms with van der Waals surface area (Å²) in [6.45, 7) is 11.8. The number of hydrogen-bond acceptors (Lipinski definition) is 1. The van der Waals surface area contributed by atoms with Crippen molar-refractivity contribution in [2.24, 2.45) is 28.1 Å². The Morgan fingerprint density at radius 2 is 1.95 bits per heavy atom. The lowest BCUT2D eigenvalue weighted by molar-refractivity contribution is -0.0357. The molecule has 0 aromatic carbocycles. The van der Waals surface area contributed by atoms with Gasteiger partial charge in [0.05, 0.1) is 6.10 Å². The zero-order valence-corrected chi connectivity index (χ0v) is 13.9. The van der Waals surface area contributed by atoms with Crippen molar-refractivity contribution in [3.05, 3.63) is 23.8 Å². The smallest absolute Gasteiger partial charge is 0.0789 e. The van der Waals surface area contributed by atoms with Gasteiger partial charge in [0, 0.05) is 5.92 Å². The Hall–Kier alpha value is -0.560. The molecule has 116 valence electrons. The maximum atomic E-state index is 10.6. The maximum Gasteiger partial charge on any atom is 0.0789 e. The summed E-state index contributed by atoms with van der Waals surface area (Å²) < 4.78 is 0. The second-order valence-electron chi connectivity index (χ2n) is 9.35. The van der Waals surface area contributed by atoms with Crippen LogP contribution < -0.4 is 0 Å². The standard InChI is InChI=1S/C20H30O/c1-13-11-20-9-6-16-18(2,3)7-5-8-19(16,4)17(20)10-15(21)14(13)12-20/h10,14-16,21H,1,5-9,11-12H2,2-4H3/t14-,15+,16-,19-,20-/m0/s1. The van der Waals surface area contributed by atoms with Gasteiger partial charge in [-0.3, -0.25) is 0 Å². The lowest BCUT2D eigenvalue weighted by atomic mass is 9.44. The zero-order chi connectivity index (χ0) is 15.0. The van der Waals surface area contributed by atoms with Crippen LogP contribution in [-0.4, -0.2) is 11.2 Å². The molecule has 0 amide bonds. The predicted octanol–water partition coefficient (Wildman–Crippen LogP) is 4.87. The molecule has 3 saturated carbocycles. The molecule has 0 heterocycles. The van der Waals surface area contributed by atoms with Crippen molar-refractivity contribution in [1.29, 1.82) is 0 Å². The van der Waals surface area contributed by atoms with Crippen molar-refractivity contribution >= 4 is 0 Å². The largest absolute Gasteiger partial charge is 0.388 e. The molecule has 21 heavy (non-hydrogen) atoms. The Morgan fingerprint density at radius 3 is 2.71 bits per heavy atom. The molecular weight excluding hydrogens is 256 g/mol. The van der Waals surface area contributed by atoms with Crippen LogP contribution >= 0.6 is 0 Å². The van der Waals surface area contributed by atoms with Crippen molar-refractivity contribution in [1.82, 2.24) is 0 Å². The molecule has 1 spiro atoms. The van der Waals surface area contributed by atoms with Crippen LogP contribution in [0.15, 0.2) is 23.8 Å². The molecule has 4 aliphatic carbocycles. The third kappa shape index (κ3) is 1.67. The van der Waals surface area contributed by atoms with Crippen LogP contribution in [0.4, 0.5) is 0 Å². The van der Waals surface area contributed by atoms with E-state index in [2.05, 4.69) is 33.4 Å². The minimum absolute atomic E-state index is 0.274. The Kier molecular flexibility index (Phi) is 2.71. The summed E-state index contributed by atoms with van der Waals surface area (Å²) >= 11 is 0. The van der Waals surface area contributed by atoms with Crippen LogP contribution in [0.1, 0.15) is 65.7 Å². The van der Waals surface area contributed by atoms with E-state index < -0.39 is 0 Å². The van der Waals surface area contributed by atoms with Crippen molar-refractivity contribution < 1.29 is 5.11 Å². The molecule has 5 atom stereocenters. The van der Waals surface area contributed by atoms with Crippen molar-refractivity contribution in [2.75, 3.05) is 0 Å². The van der Waals surface area contributed by atoms with E-state index >= 15 is 0 Å². The van der Waals surface area contributed by atoms with Gasteiger partial charge in [0.2, 0.25) is 0 Å². The molecular formula is C20H30O. The van der Waals surface area contributed by atoms with Gasteiger partial charge >= 0.3 is 0 Å². The summed E-state index contributed by atoms with van der Waals surface area (Å²) in [6, 6.07) is 0. The van der Waals surface area contributed by atoms with E-state index in [0.717, 1.165) is 12.3 Å². The summed E-state index contributed by atoms with van der Waals surface area (Å²) in [5.41, 5.74) is 4.07. The molecule has 3 fully saturated rings. The summed E-state index contributed by atoms with van der Waals surface area (Å²) in [5.74, 6) is 1.12. The van der Waals surface area contributed by atoms with Gasteiger partial charge in [0.1, 0.15) is 0 Å². The lowest BCUT2D eigenvalue weighted by Crippen LogP contribution is -2.51. The number of allylic oxidation sites excluding steroid dienone is 1. The second-order valence-corrected chi connectivity index (χ2v) is 9.35. The van der Waals surface area contributed by atoms with E-state index in [4.69, 9.17) is 0 Å². The van der Waals surface area contributed by atoms with E-state index in [9.17, 15) is 5.11 Å². The molecule has 1 heteroatoms. The number of aliphatic hydroxyl groups excluding tert-OH is 1. The topological polar surface area (TPSA) is 20.2 Å². The Labute approximate surface area is 129 Å². The van der Waals surface area contributed by atoms with E-state index in [0.29, 0.717) is 22.2 Å². The minimum atomic E-state index is -0.274. The molecule has 1 nitrogen and oxygen atoms in total. The molecule has 4 aliphatic rings. The second kappa shape index (κ2) is 4.04. The first kappa shape index (κ1) is 14.1. The van der Waals surface area contributed by atoms with Crippen LogP contribution in [0, 0.1) is 28.1 Å². The van der Waals surface area contributed by atoms with Crippen molar-refractivity contribution in [2.45, 2.75) is 71.8 Å². The first-order valence-corrected chi connectivity index (χ1v) is 8.87. The molecule has 4 rings (SSSR count). The highest BCUT2D eigenvalue weighted by Gasteiger charge is 2.60. The Balaban J connectivity index is 1.83. The van der Waals surface area contributed by atoms with E-state index in [1.807, 2.05) is 0 Å². The third-order valence-corrected chi connectivity index (χ3v) is 7.78. The van der Waals surface area contributed by atoms with Crippen molar-refractivity contribution in [3.8, 4) is 0 Å². The molecule has 0 unspecified atom stereocenters. The van der Waals surface area contributed by atoms with Gasteiger partial charge in [0.15, 0.2) is 0 Å². The molecule has 2 bridgehead atoms. The number of aliphatic hydroxyl groups is 1. The normalized spacial score (nSPS) is 51.1. The Morgan fingerprint density at radius 1 is 1.19 bits per heavy atom. The summed E-state index contributed by atoms with van der Waals surface area (Å²) in [4.78, 5) is 0. The summed E-state index contributed by atoms with van der Waals surface area (Å²) in [6.07, 6.45) is 11.0. The third-order valence-electron chi connectivity index (χ3n) is 7.78. The first-order valence-electron chi connectivity index (χ1n) is 8.87. The van der Waals surface area contributed by atoms with Gasteiger partial charge in [-0.1, -0.05) is 51.0 Å². The fraction of sp³-hybridized carbons (Fsp3) is 0.800. The molecule has 0 aromatic heterocycles. The predicted molar refractivity (Wildman–Crippen MR) is 86.8 cm³/mol. The zero-order valence-electron chi connectivity index (χ0n) is 13.9. The first-order chi connectivity index (χ1) is 9.79. The van der Waals surface area contributed by atoms with Gasteiger partial charge in [0.25, 0.3) is 0 Å². The van der Waals surface area contributed by atoms with Crippen LogP contribution in [0.2, 0.25) is 0 Å². The van der Waals surface area contributed by atoms with Gasteiger partial charge < -0.3 is 5.11 Å².